The number of ether oxygens (including phenoxy) is 1. The van der Waals surface area contributed by atoms with Crippen LogP contribution in [-0.4, -0.2) is 30.7 Å². The van der Waals surface area contributed by atoms with Crippen molar-refractivity contribution >= 4 is 27.3 Å². The van der Waals surface area contributed by atoms with Crippen LogP contribution in [0.5, 0.6) is 0 Å². The fourth-order valence-corrected chi connectivity index (χ4v) is 2.50. The fraction of sp³-hybridized carbons (Fsp3) is 0.417. The number of hydrogen-bond donors (Lipinski definition) is 0. The van der Waals surface area contributed by atoms with E-state index in [1.54, 1.807) is 12.1 Å². The van der Waals surface area contributed by atoms with E-state index in [2.05, 4.69) is 22.0 Å². The molecule has 0 radical (unpaired) electrons. The first kappa shape index (κ1) is 13.8. The number of benzene rings is 1. The second-order valence-electron chi connectivity index (χ2n) is 4.14. The Labute approximate surface area is 118 Å². The monoisotopic (exact) mass is 325 g/mol. The molecule has 100 valence electrons. The van der Waals surface area contributed by atoms with Crippen molar-refractivity contribution in [3.63, 3.8) is 0 Å². The molecule has 1 atom stereocenters. The number of anilines is 1. The molecule has 6 nitrogen and oxygen atoms in total. The van der Waals surface area contributed by atoms with Gasteiger partial charge in [-0.1, -0.05) is 15.9 Å². The smallest absolute Gasteiger partial charge is 0.269 e. The summed E-state index contributed by atoms with van der Waals surface area (Å²) < 4.78 is 5.29. The number of alkyl halides is 1. The number of non-ortho nitro benzene ring substituents is 1. The molecule has 1 aromatic carbocycles. The summed E-state index contributed by atoms with van der Waals surface area (Å²) in [7, 11) is 0. The van der Waals surface area contributed by atoms with E-state index in [0.29, 0.717) is 25.0 Å². The van der Waals surface area contributed by atoms with Gasteiger partial charge in [-0.15, -0.1) is 0 Å². The van der Waals surface area contributed by atoms with E-state index in [4.69, 9.17) is 10.00 Å². The highest BCUT2D eigenvalue weighted by Crippen LogP contribution is 2.28. The Morgan fingerprint density at radius 2 is 2.42 bits per heavy atom. The molecule has 2 rings (SSSR count). The third-order valence-electron chi connectivity index (χ3n) is 2.97. The van der Waals surface area contributed by atoms with Crippen LogP contribution in [0, 0.1) is 21.4 Å². The molecule has 1 heterocycles. The third-order valence-corrected chi connectivity index (χ3v) is 3.57. The average Bonchev–Trinajstić information content (AvgIpc) is 2.46. The molecule has 7 heteroatoms. The van der Waals surface area contributed by atoms with E-state index in [0.717, 1.165) is 11.3 Å². The predicted molar refractivity (Wildman–Crippen MR) is 73.3 cm³/mol. The summed E-state index contributed by atoms with van der Waals surface area (Å²) in [5.74, 6) is 0. The quantitative estimate of drug-likeness (QED) is 0.483. The Kier molecular flexibility index (Phi) is 4.35. The zero-order valence-electron chi connectivity index (χ0n) is 10.1. The van der Waals surface area contributed by atoms with E-state index in [-0.39, 0.29) is 5.69 Å². The number of morpholine rings is 1. The summed E-state index contributed by atoms with van der Waals surface area (Å²) in [6, 6.07) is 6.86. The SMILES string of the molecule is N#CC1CN(c2ccc([N+](=O)[O-])cc2CBr)CCO1. The largest absolute Gasteiger partial charge is 0.365 e. The van der Waals surface area contributed by atoms with Gasteiger partial charge in [-0.05, 0) is 11.6 Å². The van der Waals surface area contributed by atoms with Gasteiger partial charge in [0.25, 0.3) is 5.69 Å². The van der Waals surface area contributed by atoms with Gasteiger partial charge in [0.1, 0.15) is 0 Å². The molecule has 1 fully saturated rings. The van der Waals surface area contributed by atoms with Crippen LogP contribution in [0.25, 0.3) is 0 Å². The van der Waals surface area contributed by atoms with Gasteiger partial charge in [-0.2, -0.15) is 5.26 Å². The Morgan fingerprint density at radius 1 is 1.63 bits per heavy atom. The zero-order valence-corrected chi connectivity index (χ0v) is 11.7. The summed E-state index contributed by atoms with van der Waals surface area (Å²) in [6.07, 6.45) is -0.452. The molecule has 1 unspecified atom stereocenters. The summed E-state index contributed by atoms with van der Waals surface area (Å²) in [5, 5.41) is 20.2. The lowest BCUT2D eigenvalue weighted by atomic mass is 10.1. The number of rotatable bonds is 3. The lowest BCUT2D eigenvalue weighted by molar-refractivity contribution is -0.384. The molecule has 1 aromatic rings. The molecule has 1 aliphatic rings. The van der Waals surface area contributed by atoms with Crippen molar-refractivity contribution in [2.24, 2.45) is 0 Å². The van der Waals surface area contributed by atoms with Gasteiger partial charge in [0.15, 0.2) is 6.10 Å². The first-order valence-electron chi connectivity index (χ1n) is 5.75. The van der Waals surface area contributed by atoms with Crippen molar-refractivity contribution in [2.45, 2.75) is 11.4 Å². The van der Waals surface area contributed by atoms with Crippen molar-refractivity contribution in [2.75, 3.05) is 24.6 Å². The number of nitro benzene ring substituents is 1. The molecule has 0 aromatic heterocycles. The van der Waals surface area contributed by atoms with E-state index in [1.165, 1.54) is 6.07 Å². The highest BCUT2D eigenvalue weighted by atomic mass is 79.9. The Balaban J connectivity index is 2.29. The summed E-state index contributed by atoms with van der Waals surface area (Å²) in [5.41, 5.74) is 1.82. The third kappa shape index (κ3) is 3.03. The maximum absolute atomic E-state index is 10.8. The van der Waals surface area contributed by atoms with Crippen LogP contribution < -0.4 is 4.90 Å². The van der Waals surface area contributed by atoms with Crippen LogP contribution in [-0.2, 0) is 10.1 Å². The van der Waals surface area contributed by atoms with E-state index < -0.39 is 11.0 Å². The number of nitro groups is 1. The first-order valence-corrected chi connectivity index (χ1v) is 6.87. The van der Waals surface area contributed by atoms with Crippen molar-refractivity contribution in [1.82, 2.24) is 0 Å². The van der Waals surface area contributed by atoms with Gasteiger partial charge in [-0.25, -0.2) is 0 Å². The van der Waals surface area contributed by atoms with Gasteiger partial charge >= 0.3 is 0 Å². The average molecular weight is 326 g/mol. The Hall–Kier alpha value is -1.65. The number of halogens is 1. The van der Waals surface area contributed by atoms with Gasteiger partial charge in [-0.3, -0.25) is 10.1 Å². The van der Waals surface area contributed by atoms with Gasteiger partial charge < -0.3 is 9.64 Å². The minimum atomic E-state index is -0.452. The maximum Gasteiger partial charge on any atom is 0.269 e. The lowest BCUT2D eigenvalue weighted by Crippen LogP contribution is -2.42. The van der Waals surface area contributed by atoms with Gasteiger partial charge in [0, 0.05) is 29.7 Å². The highest BCUT2D eigenvalue weighted by Gasteiger charge is 2.22. The topological polar surface area (TPSA) is 79.4 Å². The maximum atomic E-state index is 10.8. The van der Waals surface area contributed by atoms with Crippen LogP contribution in [0.1, 0.15) is 5.56 Å². The fourth-order valence-electron chi connectivity index (χ4n) is 2.05. The minimum Gasteiger partial charge on any atom is -0.365 e. The van der Waals surface area contributed by atoms with Crippen molar-refractivity contribution in [3.05, 3.63) is 33.9 Å². The van der Waals surface area contributed by atoms with Gasteiger partial charge in [0.2, 0.25) is 0 Å². The standard InChI is InChI=1S/C12H12BrN3O3/c13-6-9-5-10(16(17)18)1-2-12(9)15-3-4-19-11(7-14)8-15/h1-2,5,11H,3-4,6,8H2. The predicted octanol–water partition coefficient (Wildman–Crippen LogP) is 2.22. The van der Waals surface area contributed by atoms with Crippen molar-refractivity contribution < 1.29 is 9.66 Å². The normalized spacial score (nSPS) is 18.9. The van der Waals surface area contributed by atoms with Crippen molar-refractivity contribution in [3.8, 4) is 6.07 Å². The molecule has 19 heavy (non-hydrogen) atoms. The first-order chi connectivity index (χ1) is 9.15. The van der Waals surface area contributed by atoms with Crippen LogP contribution in [0.2, 0.25) is 0 Å². The molecule has 1 saturated heterocycles. The Morgan fingerprint density at radius 3 is 3.05 bits per heavy atom. The van der Waals surface area contributed by atoms with Gasteiger partial charge in [0.05, 0.1) is 24.1 Å². The molecule has 0 spiro atoms. The molecular weight excluding hydrogens is 314 g/mol. The number of nitriles is 1. The number of hydrogen-bond acceptors (Lipinski definition) is 5. The summed E-state index contributed by atoms with van der Waals surface area (Å²) >= 11 is 3.34. The number of nitrogens with zero attached hydrogens (tertiary/aromatic N) is 3. The van der Waals surface area contributed by atoms with Crippen LogP contribution >= 0.6 is 15.9 Å². The summed E-state index contributed by atoms with van der Waals surface area (Å²) in [6.45, 7) is 1.64. The lowest BCUT2D eigenvalue weighted by Gasteiger charge is -2.32. The van der Waals surface area contributed by atoms with E-state index in [9.17, 15) is 10.1 Å². The molecular formula is C12H12BrN3O3. The molecule has 0 saturated carbocycles. The van der Waals surface area contributed by atoms with Crippen LogP contribution in [0.3, 0.4) is 0 Å². The molecule has 0 aliphatic carbocycles. The van der Waals surface area contributed by atoms with Crippen LogP contribution in [0.15, 0.2) is 18.2 Å². The minimum absolute atomic E-state index is 0.0725. The molecule has 0 bridgehead atoms. The molecule has 0 amide bonds. The van der Waals surface area contributed by atoms with Crippen molar-refractivity contribution in [1.29, 1.82) is 5.26 Å². The zero-order chi connectivity index (χ0) is 13.8. The summed E-state index contributed by atoms with van der Waals surface area (Å²) in [4.78, 5) is 12.4. The molecule has 1 aliphatic heterocycles. The Bertz CT molecular complexity index is 529. The second kappa shape index (κ2) is 5.99. The second-order valence-corrected chi connectivity index (χ2v) is 4.70. The van der Waals surface area contributed by atoms with E-state index >= 15 is 0 Å². The molecule has 0 N–H and O–H groups in total. The van der Waals surface area contributed by atoms with E-state index in [1.807, 2.05) is 4.90 Å². The highest BCUT2D eigenvalue weighted by molar-refractivity contribution is 9.08. The van der Waals surface area contributed by atoms with Crippen LogP contribution in [0.4, 0.5) is 11.4 Å².